The van der Waals surface area contributed by atoms with Crippen LogP contribution in [0.4, 0.5) is 11.6 Å². The van der Waals surface area contributed by atoms with Crippen LogP contribution < -0.4 is 16.0 Å². The van der Waals surface area contributed by atoms with E-state index in [2.05, 4.69) is 41.0 Å². The van der Waals surface area contributed by atoms with E-state index in [9.17, 15) is 4.79 Å². The van der Waals surface area contributed by atoms with Crippen molar-refractivity contribution in [3.8, 4) is 0 Å². The SMILES string of the molecule is CNc1cc(N2CCC(C(N)=O)C2)nc(C(C)(C)C)n1. The molecule has 0 saturated carbocycles. The molecule has 0 aromatic carbocycles. The first-order chi connectivity index (χ1) is 9.31. The molecule has 1 aromatic rings. The van der Waals surface area contributed by atoms with Crippen LogP contribution in [0, 0.1) is 5.92 Å². The Balaban J connectivity index is 2.30. The summed E-state index contributed by atoms with van der Waals surface area (Å²) >= 11 is 0. The topological polar surface area (TPSA) is 84.1 Å². The van der Waals surface area contributed by atoms with Crippen molar-refractivity contribution in [2.45, 2.75) is 32.6 Å². The zero-order chi connectivity index (χ0) is 14.9. The van der Waals surface area contributed by atoms with Crippen molar-refractivity contribution < 1.29 is 4.79 Å². The predicted octanol–water partition coefficient (Wildman–Crippen LogP) is 1.13. The summed E-state index contributed by atoms with van der Waals surface area (Å²) in [5.41, 5.74) is 5.26. The number of amides is 1. The van der Waals surface area contributed by atoms with Gasteiger partial charge >= 0.3 is 0 Å². The number of hydrogen-bond donors (Lipinski definition) is 2. The molecule has 2 heterocycles. The highest BCUT2D eigenvalue weighted by Gasteiger charge is 2.29. The van der Waals surface area contributed by atoms with Crippen molar-refractivity contribution in [2.75, 3.05) is 30.4 Å². The Bertz CT molecular complexity index is 509. The van der Waals surface area contributed by atoms with Gasteiger partial charge in [0.1, 0.15) is 17.5 Å². The molecule has 1 aliphatic rings. The zero-order valence-electron chi connectivity index (χ0n) is 12.6. The Morgan fingerprint density at radius 2 is 2.15 bits per heavy atom. The first kappa shape index (κ1) is 14.6. The Kier molecular flexibility index (Phi) is 3.83. The highest BCUT2D eigenvalue weighted by Crippen LogP contribution is 2.27. The highest BCUT2D eigenvalue weighted by molar-refractivity contribution is 5.78. The molecule has 0 aliphatic carbocycles. The lowest BCUT2D eigenvalue weighted by Gasteiger charge is -2.22. The van der Waals surface area contributed by atoms with E-state index < -0.39 is 0 Å². The van der Waals surface area contributed by atoms with Crippen molar-refractivity contribution in [3.05, 3.63) is 11.9 Å². The first-order valence-electron chi connectivity index (χ1n) is 6.93. The van der Waals surface area contributed by atoms with Crippen LogP contribution in [-0.4, -0.2) is 36.0 Å². The summed E-state index contributed by atoms with van der Waals surface area (Å²) in [6.07, 6.45) is 0.791. The van der Waals surface area contributed by atoms with Gasteiger partial charge in [-0.3, -0.25) is 4.79 Å². The van der Waals surface area contributed by atoms with Gasteiger partial charge in [0.05, 0.1) is 5.92 Å². The van der Waals surface area contributed by atoms with Crippen LogP contribution >= 0.6 is 0 Å². The van der Waals surface area contributed by atoms with E-state index in [1.807, 2.05) is 13.1 Å². The Morgan fingerprint density at radius 1 is 1.45 bits per heavy atom. The van der Waals surface area contributed by atoms with Crippen LogP contribution in [-0.2, 0) is 10.2 Å². The molecule has 1 saturated heterocycles. The summed E-state index contributed by atoms with van der Waals surface area (Å²) in [5.74, 6) is 2.13. The molecule has 110 valence electrons. The summed E-state index contributed by atoms with van der Waals surface area (Å²) in [5, 5.41) is 3.07. The molecule has 1 amide bonds. The van der Waals surface area contributed by atoms with E-state index >= 15 is 0 Å². The number of carbonyl (C=O) groups excluding carboxylic acids is 1. The lowest BCUT2D eigenvalue weighted by Crippen LogP contribution is -2.28. The third kappa shape index (κ3) is 3.00. The molecule has 1 atom stereocenters. The lowest BCUT2D eigenvalue weighted by molar-refractivity contribution is -0.121. The molecule has 2 rings (SSSR count). The van der Waals surface area contributed by atoms with Gasteiger partial charge in [-0.2, -0.15) is 0 Å². The maximum Gasteiger partial charge on any atom is 0.222 e. The van der Waals surface area contributed by atoms with Crippen LogP contribution in [0.3, 0.4) is 0 Å². The van der Waals surface area contributed by atoms with Crippen molar-refractivity contribution in [1.29, 1.82) is 0 Å². The van der Waals surface area contributed by atoms with E-state index in [1.165, 1.54) is 0 Å². The molecule has 6 heteroatoms. The highest BCUT2D eigenvalue weighted by atomic mass is 16.1. The quantitative estimate of drug-likeness (QED) is 0.865. The third-order valence-corrected chi connectivity index (χ3v) is 3.55. The van der Waals surface area contributed by atoms with Crippen LogP contribution in [0.2, 0.25) is 0 Å². The monoisotopic (exact) mass is 277 g/mol. The molecular weight excluding hydrogens is 254 g/mol. The molecule has 6 nitrogen and oxygen atoms in total. The number of primary amides is 1. The van der Waals surface area contributed by atoms with Crippen molar-refractivity contribution in [1.82, 2.24) is 9.97 Å². The van der Waals surface area contributed by atoms with Crippen LogP contribution in [0.15, 0.2) is 6.07 Å². The second-order valence-electron chi connectivity index (χ2n) is 6.27. The number of carbonyl (C=O) groups is 1. The van der Waals surface area contributed by atoms with Crippen LogP contribution in [0.25, 0.3) is 0 Å². The normalized spacial score (nSPS) is 19.2. The summed E-state index contributed by atoms with van der Waals surface area (Å²) in [7, 11) is 1.84. The molecule has 3 N–H and O–H groups in total. The molecule has 1 aromatic heterocycles. The third-order valence-electron chi connectivity index (χ3n) is 3.55. The van der Waals surface area contributed by atoms with Crippen LogP contribution in [0.5, 0.6) is 0 Å². The smallest absolute Gasteiger partial charge is 0.222 e. The standard InChI is InChI=1S/C14H23N5O/c1-14(2,3)13-17-10(16-4)7-11(18-13)19-6-5-9(8-19)12(15)20/h7,9H,5-6,8H2,1-4H3,(H2,15,20)(H,16,17,18). The van der Waals surface area contributed by atoms with E-state index in [0.29, 0.717) is 6.54 Å². The molecule has 0 spiro atoms. The van der Waals surface area contributed by atoms with Crippen LogP contribution in [0.1, 0.15) is 33.0 Å². The van der Waals surface area contributed by atoms with Gasteiger partial charge in [0.15, 0.2) is 0 Å². The van der Waals surface area contributed by atoms with E-state index in [-0.39, 0.29) is 17.2 Å². The maximum atomic E-state index is 11.3. The average Bonchev–Trinajstić information content (AvgIpc) is 2.87. The number of rotatable bonds is 3. The van der Waals surface area contributed by atoms with E-state index in [4.69, 9.17) is 5.73 Å². The summed E-state index contributed by atoms with van der Waals surface area (Å²) in [4.78, 5) is 22.5. The lowest BCUT2D eigenvalue weighted by atomic mass is 9.96. The van der Waals surface area contributed by atoms with Gasteiger partial charge in [-0.25, -0.2) is 9.97 Å². The summed E-state index contributed by atoms with van der Waals surface area (Å²) in [6.45, 7) is 7.70. The Hall–Kier alpha value is -1.85. The molecule has 1 aliphatic heterocycles. The summed E-state index contributed by atoms with van der Waals surface area (Å²) < 4.78 is 0. The van der Waals surface area contributed by atoms with Gasteiger partial charge in [-0.1, -0.05) is 20.8 Å². The maximum absolute atomic E-state index is 11.3. The average molecular weight is 277 g/mol. The second-order valence-corrected chi connectivity index (χ2v) is 6.27. The van der Waals surface area contributed by atoms with Gasteiger partial charge in [-0.15, -0.1) is 0 Å². The molecule has 0 bridgehead atoms. The van der Waals surface area contributed by atoms with Crippen molar-refractivity contribution in [2.24, 2.45) is 11.7 Å². The number of anilines is 2. The van der Waals surface area contributed by atoms with E-state index in [0.717, 1.165) is 30.4 Å². The first-order valence-corrected chi connectivity index (χ1v) is 6.93. The van der Waals surface area contributed by atoms with Gasteiger partial charge in [0, 0.05) is 31.6 Å². The molecule has 20 heavy (non-hydrogen) atoms. The van der Waals surface area contributed by atoms with Gasteiger partial charge < -0.3 is 16.0 Å². The van der Waals surface area contributed by atoms with Gasteiger partial charge in [-0.05, 0) is 6.42 Å². The number of nitrogens with two attached hydrogens (primary N) is 1. The largest absolute Gasteiger partial charge is 0.373 e. The molecular formula is C14H23N5O. The van der Waals surface area contributed by atoms with Gasteiger partial charge in [0.25, 0.3) is 0 Å². The second kappa shape index (κ2) is 5.26. The van der Waals surface area contributed by atoms with Crippen molar-refractivity contribution in [3.63, 3.8) is 0 Å². The minimum Gasteiger partial charge on any atom is -0.373 e. The molecule has 1 unspecified atom stereocenters. The Morgan fingerprint density at radius 3 is 2.65 bits per heavy atom. The predicted molar refractivity (Wildman–Crippen MR) is 79.8 cm³/mol. The fraction of sp³-hybridized carbons (Fsp3) is 0.643. The summed E-state index contributed by atoms with van der Waals surface area (Å²) in [6, 6.07) is 1.92. The van der Waals surface area contributed by atoms with E-state index in [1.54, 1.807) is 0 Å². The number of nitrogens with zero attached hydrogens (tertiary/aromatic N) is 3. The number of hydrogen-bond acceptors (Lipinski definition) is 5. The Labute approximate surface area is 119 Å². The minimum atomic E-state index is -0.230. The van der Waals surface area contributed by atoms with Crippen molar-refractivity contribution >= 4 is 17.5 Å². The number of aromatic nitrogens is 2. The minimum absolute atomic E-state index is 0.0823. The number of nitrogens with one attached hydrogen (secondary N) is 1. The molecule has 0 radical (unpaired) electrons. The van der Waals surface area contributed by atoms with Gasteiger partial charge in [0.2, 0.25) is 5.91 Å². The molecule has 1 fully saturated rings. The zero-order valence-corrected chi connectivity index (χ0v) is 12.6. The fourth-order valence-corrected chi connectivity index (χ4v) is 2.26. The fourth-order valence-electron chi connectivity index (χ4n) is 2.26.